The lowest BCUT2D eigenvalue weighted by atomic mass is 10.2. The maximum Gasteiger partial charge on any atom is 0.221 e. The van der Waals surface area contributed by atoms with Gasteiger partial charge in [0.2, 0.25) is 5.91 Å². The van der Waals surface area contributed by atoms with E-state index in [2.05, 4.69) is 22.5 Å². The number of aliphatic imine (C=N–C) groups is 1. The summed E-state index contributed by atoms with van der Waals surface area (Å²) in [6.45, 7) is 7.26. The largest absolute Gasteiger partial charge is 0.357 e. The zero-order valence-corrected chi connectivity index (χ0v) is 15.6. The molecule has 0 radical (unpaired) electrons. The molecule has 5 nitrogen and oxygen atoms in total. The van der Waals surface area contributed by atoms with Gasteiger partial charge in [0, 0.05) is 32.2 Å². The summed E-state index contributed by atoms with van der Waals surface area (Å²) >= 11 is 0. The van der Waals surface area contributed by atoms with Crippen molar-refractivity contribution in [3.8, 4) is 0 Å². The SMILES string of the molecule is CCNC(=NCc1cccc(NC(C)=O)c1)N1CCCC1.I. The van der Waals surface area contributed by atoms with Crippen molar-refractivity contribution in [1.29, 1.82) is 0 Å². The number of rotatable bonds is 4. The van der Waals surface area contributed by atoms with Crippen molar-refractivity contribution in [3.05, 3.63) is 29.8 Å². The summed E-state index contributed by atoms with van der Waals surface area (Å²) in [6.07, 6.45) is 2.48. The summed E-state index contributed by atoms with van der Waals surface area (Å²) < 4.78 is 0. The van der Waals surface area contributed by atoms with Gasteiger partial charge in [-0.3, -0.25) is 4.79 Å². The molecule has 1 amide bonds. The van der Waals surface area contributed by atoms with Crippen molar-refractivity contribution in [2.75, 3.05) is 25.0 Å². The van der Waals surface area contributed by atoms with E-state index in [9.17, 15) is 4.79 Å². The molecular weight excluding hydrogens is 391 g/mol. The fraction of sp³-hybridized carbons (Fsp3) is 0.500. The zero-order valence-electron chi connectivity index (χ0n) is 13.3. The van der Waals surface area contributed by atoms with E-state index in [1.165, 1.54) is 19.8 Å². The number of carbonyl (C=O) groups excluding carboxylic acids is 1. The van der Waals surface area contributed by atoms with Gasteiger partial charge in [-0.05, 0) is 37.5 Å². The lowest BCUT2D eigenvalue weighted by Gasteiger charge is -2.20. The minimum absolute atomic E-state index is 0. The number of anilines is 1. The van der Waals surface area contributed by atoms with Gasteiger partial charge in [0.1, 0.15) is 0 Å². The molecule has 0 unspecified atom stereocenters. The standard InChI is InChI=1S/C16H24N4O.HI/c1-3-17-16(20-9-4-5-10-20)18-12-14-7-6-8-15(11-14)19-13(2)21;/h6-8,11H,3-5,9-10,12H2,1-2H3,(H,17,18)(H,19,21);1H. The maximum absolute atomic E-state index is 11.1. The van der Waals surface area contributed by atoms with E-state index >= 15 is 0 Å². The van der Waals surface area contributed by atoms with Crippen LogP contribution in [-0.4, -0.2) is 36.4 Å². The molecular formula is C16H25IN4O. The molecule has 0 spiro atoms. The number of likely N-dealkylation sites (tertiary alicyclic amines) is 1. The Bertz CT molecular complexity index is 513. The second kappa shape index (κ2) is 9.66. The topological polar surface area (TPSA) is 56.7 Å². The van der Waals surface area contributed by atoms with Crippen molar-refractivity contribution >= 4 is 41.5 Å². The molecule has 0 saturated carbocycles. The number of nitrogens with zero attached hydrogens (tertiary/aromatic N) is 2. The van der Waals surface area contributed by atoms with Crippen LogP contribution in [0.15, 0.2) is 29.3 Å². The third-order valence-electron chi connectivity index (χ3n) is 3.40. The number of hydrogen-bond donors (Lipinski definition) is 2. The minimum Gasteiger partial charge on any atom is -0.357 e. The van der Waals surface area contributed by atoms with Crippen LogP contribution in [0.5, 0.6) is 0 Å². The first-order valence-corrected chi connectivity index (χ1v) is 7.59. The Kier molecular flexibility index (Phi) is 8.22. The van der Waals surface area contributed by atoms with Crippen molar-refractivity contribution in [3.63, 3.8) is 0 Å². The van der Waals surface area contributed by atoms with Crippen molar-refractivity contribution in [2.24, 2.45) is 4.99 Å². The van der Waals surface area contributed by atoms with Gasteiger partial charge in [-0.2, -0.15) is 0 Å². The number of halogens is 1. The Morgan fingerprint density at radius 2 is 2.05 bits per heavy atom. The molecule has 122 valence electrons. The zero-order chi connectivity index (χ0) is 15.1. The molecule has 1 fully saturated rings. The summed E-state index contributed by atoms with van der Waals surface area (Å²) in [4.78, 5) is 18.1. The summed E-state index contributed by atoms with van der Waals surface area (Å²) in [5.41, 5.74) is 1.91. The van der Waals surface area contributed by atoms with Crippen LogP contribution in [0.1, 0.15) is 32.3 Å². The van der Waals surface area contributed by atoms with E-state index < -0.39 is 0 Å². The highest BCUT2D eigenvalue weighted by Crippen LogP contribution is 2.13. The van der Waals surface area contributed by atoms with Gasteiger partial charge in [0.25, 0.3) is 0 Å². The van der Waals surface area contributed by atoms with Crippen LogP contribution < -0.4 is 10.6 Å². The summed E-state index contributed by atoms with van der Waals surface area (Å²) in [7, 11) is 0. The monoisotopic (exact) mass is 416 g/mol. The highest BCUT2D eigenvalue weighted by Gasteiger charge is 2.15. The number of benzene rings is 1. The van der Waals surface area contributed by atoms with E-state index in [1.807, 2.05) is 24.3 Å². The molecule has 2 rings (SSSR count). The molecule has 1 aromatic rings. The Hall–Kier alpha value is -1.31. The Morgan fingerprint density at radius 3 is 2.68 bits per heavy atom. The average Bonchev–Trinajstić information content (AvgIpc) is 2.97. The molecule has 1 aliphatic rings. The summed E-state index contributed by atoms with van der Waals surface area (Å²) in [5, 5.41) is 6.15. The third-order valence-corrected chi connectivity index (χ3v) is 3.40. The number of amides is 1. The molecule has 0 atom stereocenters. The quantitative estimate of drug-likeness (QED) is 0.451. The molecule has 0 aromatic heterocycles. The lowest BCUT2D eigenvalue weighted by molar-refractivity contribution is -0.114. The van der Waals surface area contributed by atoms with Crippen LogP contribution in [0, 0.1) is 0 Å². The van der Waals surface area contributed by atoms with Crippen LogP contribution in [0.25, 0.3) is 0 Å². The number of guanidine groups is 1. The molecule has 0 bridgehead atoms. The van der Waals surface area contributed by atoms with Crippen molar-refractivity contribution < 1.29 is 4.79 Å². The van der Waals surface area contributed by atoms with Crippen LogP contribution in [-0.2, 0) is 11.3 Å². The van der Waals surface area contributed by atoms with E-state index in [4.69, 9.17) is 4.99 Å². The third kappa shape index (κ3) is 5.82. The molecule has 2 N–H and O–H groups in total. The van der Waals surface area contributed by atoms with E-state index in [0.29, 0.717) is 6.54 Å². The Morgan fingerprint density at radius 1 is 1.32 bits per heavy atom. The molecule has 22 heavy (non-hydrogen) atoms. The first kappa shape index (κ1) is 18.7. The van der Waals surface area contributed by atoms with E-state index in [-0.39, 0.29) is 29.9 Å². The number of hydrogen-bond acceptors (Lipinski definition) is 2. The van der Waals surface area contributed by atoms with Crippen LogP contribution in [0.2, 0.25) is 0 Å². The molecule has 1 heterocycles. The van der Waals surface area contributed by atoms with Gasteiger partial charge in [-0.15, -0.1) is 24.0 Å². The van der Waals surface area contributed by atoms with E-state index in [1.54, 1.807) is 0 Å². The fourth-order valence-corrected chi connectivity index (χ4v) is 2.47. The predicted molar refractivity (Wildman–Crippen MR) is 102 cm³/mol. The van der Waals surface area contributed by atoms with Gasteiger partial charge >= 0.3 is 0 Å². The van der Waals surface area contributed by atoms with Crippen LogP contribution in [0.4, 0.5) is 5.69 Å². The minimum atomic E-state index is -0.0546. The summed E-state index contributed by atoms with van der Waals surface area (Å²) in [5.74, 6) is 0.931. The Balaban J connectivity index is 0.00000242. The highest BCUT2D eigenvalue weighted by atomic mass is 127. The first-order chi connectivity index (χ1) is 10.2. The number of nitrogens with one attached hydrogen (secondary N) is 2. The Labute approximate surface area is 149 Å². The highest BCUT2D eigenvalue weighted by molar-refractivity contribution is 14.0. The second-order valence-corrected chi connectivity index (χ2v) is 5.25. The van der Waals surface area contributed by atoms with Gasteiger partial charge in [0.05, 0.1) is 6.54 Å². The molecule has 0 aliphatic carbocycles. The smallest absolute Gasteiger partial charge is 0.221 e. The molecule has 1 aromatic carbocycles. The van der Waals surface area contributed by atoms with Crippen molar-refractivity contribution in [1.82, 2.24) is 10.2 Å². The number of carbonyl (C=O) groups is 1. The molecule has 1 saturated heterocycles. The van der Waals surface area contributed by atoms with Crippen LogP contribution in [0.3, 0.4) is 0 Å². The lowest BCUT2D eigenvalue weighted by Crippen LogP contribution is -2.39. The maximum atomic E-state index is 11.1. The molecule has 1 aliphatic heterocycles. The average molecular weight is 416 g/mol. The van der Waals surface area contributed by atoms with Gasteiger partial charge in [-0.25, -0.2) is 4.99 Å². The molecule has 6 heteroatoms. The second-order valence-electron chi connectivity index (χ2n) is 5.25. The fourth-order valence-electron chi connectivity index (χ4n) is 2.47. The van der Waals surface area contributed by atoms with Crippen molar-refractivity contribution in [2.45, 2.75) is 33.2 Å². The van der Waals surface area contributed by atoms with Gasteiger partial charge in [-0.1, -0.05) is 12.1 Å². The van der Waals surface area contributed by atoms with Crippen LogP contribution >= 0.6 is 24.0 Å². The normalized spacial score (nSPS) is 14.5. The summed E-state index contributed by atoms with van der Waals surface area (Å²) in [6, 6.07) is 7.83. The van der Waals surface area contributed by atoms with Gasteiger partial charge in [0.15, 0.2) is 5.96 Å². The van der Waals surface area contributed by atoms with Gasteiger partial charge < -0.3 is 15.5 Å². The van der Waals surface area contributed by atoms with E-state index in [0.717, 1.165) is 36.8 Å². The predicted octanol–water partition coefficient (Wildman–Crippen LogP) is 2.82. The first-order valence-electron chi connectivity index (χ1n) is 7.59.